The third-order valence-electron chi connectivity index (χ3n) is 4.99. The predicted molar refractivity (Wildman–Crippen MR) is 97.9 cm³/mol. The molecule has 0 saturated carbocycles. The number of nitrogens with zero attached hydrogens (tertiary/aromatic N) is 1. The maximum atomic E-state index is 11.6. The minimum absolute atomic E-state index is 0.204. The number of ether oxygens (including phenoxy) is 1. The van der Waals surface area contributed by atoms with Crippen LogP contribution in [0.4, 0.5) is 0 Å². The molecule has 2 fully saturated rings. The third-order valence-corrected chi connectivity index (χ3v) is 5.24. The summed E-state index contributed by atoms with van der Waals surface area (Å²) in [6.07, 6.45) is 1.79. The Bertz CT molecular complexity index is 763. The van der Waals surface area contributed by atoms with Gasteiger partial charge in [0.15, 0.2) is 0 Å². The molecule has 2 aliphatic rings. The molecule has 5 heteroatoms. The Morgan fingerprint density at radius 3 is 2.84 bits per heavy atom. The van der Waals surface area contributed by atoms with E-state index < -0.39 is 0 Å². The number of rotatable bonds is 4. The molecule has 0 aliphatic carbocycles. The summed E-state index contributed by atoms with van der Waals surface area (Å²) in [5.41, 5.74) is 1.22. The summed E-state index contributed by atoms with van der Waals surface area (Å²) >= 11 is 5.91. The zero-order valence-electron chi connectivity index (χ0n) is 14.0. The van der Waals surface area contributed by atoms with Crippen molar-refractivity contribution in [1.82, 2.24) is 10.2 Å². The van der Waals surface area contributed by atoms with Crippen molar-refractivity contribution in [3.63, 3.8) is 0 Å². The number of amides is 1. The molecule has 1 amide bonds. The SMILES string of the molecule is O=C1C[C@H]2CCN(Cc3cccc(Oc4ccc(Cl)cc4)c3)C[C@H]2N1. The number of fused-ring (bicyclic) bond motifs is 1. The van der Waals surface area contributed by atoms with Crippen molar-refractivity contribution in [2.75, 3.05) is 13.1 Å². The molecule has 0 bridgehead atoms. The summed E-state index contributed by atoms with van der Waals surface area (Å²) in [7, 11) is 0. The van der Waals surface area contributed by atoms with Crippen molar-refractivity contribution in [2.24, 2.45) is 5.92 Å². The van der Waals surface area contributed by atoms with Crippen LogP contribution in [0.1, 0.15) is 18.4 Å². The lowest BCUT2D eigenvalue weighted by atomic mass is 9.92. The van der Waals surface area contributed by atoms with Gasteiger partial charge in [-0.15, -0.1) is 0 Å². The fourth-order valence-corrected chi connectivity index (χ4v) is 3.85. The van der Waals surface area contributed by atoms with Crippen LogP contribution >= 0.6 is 11.6 Å². The second kappa shape index (κ2) is 7.06. The van der Waals surface area contributed by atoms with E-state index in [1.807, 2.05) is 36.4 Å². The first-order valence-corrected chi connectivity index (χ1v) is 9.07. The van der Waals surface area contributed by atoms with Crippen LogP contribution < -0.4 is 10.1 Å². The molecule has 130 valence electrons. The lowest BCUT2D eigenvalue weighted by Gasteiger charge is -2.34. The normalized spacial score (nSPS) is 23.2. The van der Waals surface area contributed by atoms with Gasteiger partial charge in [-0.2, -0.15) is 0 Å². The smallest absolute Gasteiger partial charge is 0.220 e. The topological polar surface area (TPSA) is 41.6 Å². The van der Waals surface area contributed by atoms with Gasteiger partial charge in [0.25, 0.3) is 0 Å². The predicted octanol–water partition coefficient (Wildman–Crippen LogP) is 3.84. The monoisotopic (exact) mass is 356 g/mol. The van der Waals surface area contributed by atoms with Gasteiger partial charge in [-0.25, -0.2) is 0 Å². The largest absolute Gasteiger partial charge is 0.457 e. The average Bonchev–Trinajstić information content (AvgIpc) is 2.97. The molecule has 2 aromatic carbocycles. The van der Waals surface area contributed by atoms with Crippen LogP contribution in [0.15, 0.2) is 48.5 Å². The Morgan fingerprint density at radius 1 is 1.16 bits per heavy atom. The molecule has 0 unspecified atom stereocenters. The van der Waals surface area contributed by atoms with Crippen LogP contribution in [0.25, 0.3) is 0 Å². The minimum atomic E-state index is 0.204. The van der Waals surface area contributed by atoms with Gasteiger partial charge < -0.3 is 10.1 Å². The number of halogens is 1. The molecular weight excluding hydrogens is 336 g/mol. The van der Waals surface area contributed by atoms with Gasteiger partial charge in [0.05, 0.1) is 0 Å². The van der Waals surface area contributed by atoms with Gasteiger partial charge in [0, 0.05) is 30.6 Å². The first-order valence-electron chi connectivity index (χ1n) is 8.70. The quantitative estimate of drug-likeness (QED) is 0.904. The molecule has 2 aromatic rings. The average molecular weight is 357 g/mol. The molecule has 2 aliphatic heterocycles. The van der Waals surface area contributed by atoms with Crippen LogP contribution in [-0.2, 0) is 11.3 Å². The van der Waals surface area contributed by atoms with Gasteiger partial charge in [-0.1, -0.05) is 23.7 Å². The van der Waals surface area contributed by atoms with Gasteiger partial charge in [-0.3, -0.25) is 9.69 Å². The van der Waals surface area contributed by atoms with E-state index >= 15 is 0 Å². The van der Waals surface area contributed by atoms with Gasteiger partial charge in [0.1, 0.15) is 11.5 Å². The minimum Gasteiger partial charge on any atom is -0.457 e. The van der Waals surface area contributed by atoms with Crippen molar-refractivity contribution in [1.29, 1.82) is 0 Å². The molecule has 25 heavy (non-hydrogen) atoms. The molecule has 2 saturated heterocycles. The maximum Gasteiger partial charge on any atom is 0.220 e. The second-order valence-electron chi connectivity index (χ2n) is 6.87. The third kappa shape index (κ3) is 3.97. The first-order chi connectivity index (χ1) is 12.2. The van der Waals surface area contributed by atoms with Crippen LogP contribution in [0, 0.1) is 5.92 Å². The van der Waals surface area contributed by atoms with Crippen LogP contribution in [0.2, 0.25) is 5.02 Å². The second-order valence-corrected chi connectivity index (χ2v) is 7.30. The zero-order chi connectivity index (χ0) is 17.2. The summed E-state index contributed by atoms with van der Waals surface area (Å²) in [5.74, 6) is 2.32. The highest BCUT2D eigenvalue weighted by Crippen LogP contribution is 2.28. The molecule has 0 spiro atoms. The number of carbonyl (C=O) groups is 1. The van der Waals surface area contributed by atoms with Crippen molar-refractivity contribution < 1.29 is 9.53 Å². The fraction of sp³-hybridized carbons (Fsp3) is 0.350. The number of hydrogen-bond acceptors (Lipinski definition) is 3. The number of hydrogen-bond donors (Lipinski definition) is 1. The molecule has 4 nitrogen and oxygen atoms in total. The van der Waals surface area contributed by atoms with E-state index in [1.54, 1.807) is 0 Å². The Labute approximate surface area is 152 Å². The van der Waals surface area contributed by atoms with Crippen molar-refractivity contribution in [3.8, 4) is 11.5 Å². The van der Waals surface area contributed by atoms with Crippen molar-refractivity contribution in [3.05, 3.63) is 59.1 Å². The molecule has 1 N–H and O–H groups in total. The number of piperidine rings is 1. The zero-order valence-corrected chi connectivity index (χ0v) is 14.7. The Hall–Kier alpha value is -2.04. The van der Waals surface area contributed by atoms with E-state index in [0.29, 0.717) is 23.4 Å². The van der Waals surface area contributed by atoms with E-state index in [2.05, 4.69) is 22.3 Å². The molecular formula is C20H21ClN2O2. The first kappa shape index (κ1) is 16.4. The summed E-state index contributed by atoms with van der Waals surface area (Å²) in [6, 6.07) is 15.9. The molecule has 0 radical (unpaired) electrons. The Kier molecular flexibility index (Phi) is 4.64. The van der Waals surface area contributed by atoms with Crippen LogP contribution in [0.5, 0.6) is 11.5 Å². The van der Waals surface area contributed by atoms with E-state index in [0.717, 1.165) is 37.6 Å². The highest BCUT2D eigenvalue weighted by atomic mass is 35.5. The summed E-state index contributed by atoms with van der Waals surface area (Å²) in [4.78, 5) is 14.0. The highest BCUT2D eigenvalue weighted by Gasteiger charge is 2.36. The Morgan fingerprint density at radius 2 is 2.00 bits per heavy atom. The summed E-state index contributed by atoms with van der Waals surface area (Å²) < 4.78 is 5.91. The number of benzene rings is 2. The molecule has 0 aromatic heterocycles. The van der Waals surface area contributed by atoms with E-state index in [1.165, 1.54) is 5.56 Å². The lowest BCUT2D eigenvalue weighted by molar-refractivity contribution is -0.119. The summed E-state index contributed by atoms with van der Waals surface area (Å²) in [6.45, 7) is 2.84. The van der Waals surface area contributed by atoms with E-state index in [-0.39, 0.29) is 5.91 Å². The van der Waals surface area contributed by atoms with Gasteiger partial charge >= 0.3 is 0 Å². The van der Waals surface area contributed by atoms with E-state index in [9.17, 15) is 4.79 Å². The van der Waals surface area contributed by atoms with Gasteiger partial charge in [0.2, 0.25) is 5.91 Å². The van der Waals surface area contributed by atoms with Crippen LogP contribution in [-0.4, -0.2) is 29.9 Å². The summed E-state index contributed by atoms with van der Waals surface area (Å²) in [5, 5.41) is 3.80. The molecule has 2 heterocycles. The van der Waals surface area contributed by atoms with E-state index in [4.69, 9.17) is 16.3 Å². The van der Waals surface area contributed by atoms with Crippen molar-refractivity contribution in [2.45, 2.75) is 25.4 Å². The van der Waals surface area contributed by atoms with Crippen LogP contribution in [0.3, 0.4) is 0 Å². The highest BCUT2D eigenvalue weighted by molar-refractivity contribution is 6.30. The fourth-order valence-electron chi connectivity index (χ4n) is 3.73. The standard InChI is InChI=1S/C20H21ClN2O2/c21-16-4-6-17(7-5-16)25-18-3-1-2-14(10-18)12-23-9-8-15-11-20(24)22-19(15)13-23/h1-7,10,15,19H,8-9,11-13H2,(H,22,24)/t15-,19-/m1/s1. The number of carbonyl (C=O) groups excluding carboxylic acids is 1. The maximum absolute atomic E-state index is 11.6. The lowest BCUT2D eigenvalue weighted by Crippen LogP contribution is -2.46. The molecule has 2 atom stereocenters. The number of likely N-dealkylation sites (tertiary alicyclic amines) is 1. The van der Waals surface area contributed by atoms with Crippen molar-refractivity contribution >= 4 is 17.5 Å². The number of nitrogens with one attached hydrogen (secondary N) is 1. The van der Waals surface area contributed by atoms with Gasteiger partial charge in [-0.05, 0) is 60.8 Å². The Balaban J connectivity index is 1.40. The molecule has 4 rings (SSSR count).